The first-order valence-corrected chi connectivity index (χ1v) is 5.22. The first kappa shape index (κ1) is 9.00. The third-order valence-corrected chi connectivity index (χ3v) is 3.24. The van der Waals surface area contributed by atoms with Crippen LogP contribution in [0.4, 0.5) is 0 Å². The molecule has 13 heavy (non-hydrogen) atoms. The highest BCUT2D eigenvalue weighted by Crippen LogP contribution is 2.32. The lowest BCUT2D eigenvalue weighted by atomic mass is 10.2. The number of hydrogen-bond donors (Lipinski definition) is 0. The lowest BCUT2D eigenvalue weighted by Crippen LogP contribution is -1.84. The quantitative estimate of drug-likeness (QED) is 0.738. The van der Waals surface area contributed by atoms with Crippen LogP contribution >= 0.6 is 22.9 Å². The Balaban J connectivity index is 2.64. The van der Waals surface area contributed by atoms with Crippen molar-refractivity contribution < 1.29 is 4.74 Å². The summed E-state index contributed by atoms with van der Waals surface area (Å²) in [6.45, 7) is 0.629. The van der Waals surface area contributed by atoms with E-state index in [0.717, 1.165) is 10.4 Å². The number of benzene rings is 1. The maximum absolute atomic E-state index is 6.09. The Kier molecular flexibility index (Phi) is 2.54. The molecule has 68 valence electrons. The van der Waals surface area contributed by atoms with Crippen LogP contribution < -0.4 is 0 Å². The maximum atomic E-state index is 6.09. The smallest absolute Gasteiger partial charge is 0.0727 e. The third-order valence-electron chi connectivity index (χ3n) is 1.92. The van der Waals surface area contributed by atoms with E-state index >= 15 is 0 Å². The fourth-order valence-corrected chi connectivity index (χ4v) is 2.69. The Hall–Kier alpha value is -0.570. The summed E-state index contributed by atoms with van der Waals surface area (Å²) in [7, 11) is 1.69. The van der Waals surface area contributed by atoms with Crippen molar-refractivity contribution in [3.05, 3.63) is 34.2 Å². The molecular weight excluding hydrogens is 204 g/mol. The summed E-state index contributed by atoms with van der Waals surface area (Å²) in [5.74, 6) is 0. The molecule has 1 heterocycles. The van der Waals surface area contributed by atoms with Gasteiger partial charge in [0, 0.05) is 22.2 Å². The molecule has 2 rings (SSSR count). The molecule has 0 aliphatic rings. The molecule has 1 aromatic heterocycles. The van der Waals surface area contributed by atoms with Gasteiger partial charge in [0.2, 0.25) is 0 Å². The number of rotatable bonds is 2. The second-order valence-corrected chi connectivity index (χ2v) is 4.13. The minimum Gasteiger partial charge on any atom is -0.380 e. The molecule has 0 radical (unpaired) electrons. The Morgan fingerprint density at radius 2 is 2.31 bits per heavy atom. The Labute approximate surface area is 85.9 Å². The molecule has 0 saturated carbocycles. The molecular formula is C10H9ClOS. The molecule has 0 bridgehead atoms. The van der Waals surface area contributed by atoms with Crippen molar-refractivity contribution in [3.63, 3.8) is 0 Å². The standard InChI is InChI=1S/C10H9ClOS/c1-12-5-7-6-13-9-4-2-3-8(11)10(7)9/h2-4,6H,5H2,1H3. The van der Waals surface area contributed by atoms with Gasteiger partial charge in [-0.1, -0.05) is 17.7 Å². The van der Waals surface area contributed by atoms with E-state index in [9.17, 15) is 0 Å². The molecule has 0 saturated heterocycles. The van der Waals surface area contributed by atoms with Gasteiger partial charge in [0.1, 0.15) is 0 Å². The summed E-state index contributed by atoms with van der Waals surface area (Å²) in [5, 5.41) is 4.04. The zero-order valence-electron chi connectivity index (χ0n) is 7.21. The average molecular weight is 213 g/mol. The second-order valence-electron chi connectivity index (χ2n) is 2.81. The Bertz CT molecular complexity index is 422. The van der Waals surface area contributed by atoms with E-state index in [4.69, 9.17) is 16.3 Å². The topological polar surface area (TPSA) is 9.23 Å². The maximum Gasteiger partial charge on any atom is 0.0727 e. The van der Waals surface area contributed by atoms with Gasteiger partial charge in [-0.3, -0.25) is 0 Å². The van der Waals surface area contributed by atoms with Gasteiger partial charge in [-0.15, -0.1) is 11.3 Å². The van der Waals surface area contributed by atoms with Crippen LogP contribution in [0.5, 0.6) is 0 Å². The molecule has 0 unspecified atom stereocenters. The molecule has 0 aliphatic carbocycles. The summed E-state index contributed by atoms with van der Waals surface area (Å²) in [6, 6.07) is 5.96. The van der Waals surface area contributed by atoms with Crippen molar-refractivity contribution >= 4 is 33.0 Å². The van der Waals surface area contributed by atoms with E-state index in [1.807, 2.05) is 12.1 Å². The molecule has 2 aromatic rings. The van der Waals surface area contributed by atoms with Gasteiger partial charge in [0.15, 0.2) is 0 Å². The fraction of sp³-hybridized carbons (Fsp3) is 0.200. The number of ether oxygens (including phenoxy) is 1. The van der Waals surface area contributed by atoms with E-state index in [0.29, 0.717) is 6.61 Å². The van der Waals surface area contributed by atoms with Gasteiger partial charge in [-0.25, -0.2) is 0 Å². The van der Waals surface area contributed by atoms with Crippen molar-refractivity contribution in [1.82, 2.24) is 0 Å². The van der Waals surface area contributed by atoms with Crippen LogP contribution in [-0.2, 0) is 11.3 Å². The summed E-state index contributed by atoms with van der Waals surface area (Å²) in [6.07, 6.45) is 0. The molecule has 0 spiro atoms. The van der Waals surface area contributed by atoms with Gasteiger partial charge in [0.25, 0.3) is 0 Å². The number of halogens is 1. The largest absolute Gasteiger partial charge is 0.380 e. The van der Waals surface area contributed by atoms with Crippen LogP contribution in [-0.4, -0.2) is 7.11 Å². The van der Waals surface area contributed by atoms with E-state index < -0.39 is 0 Å². The summed E-state index contributed by atoms with van der Waals surface area (Å²) in [4.78, 5) is 0. The van der Waals surface area contributed by atoms with Gasteiger partial charge in [-0.05, 0) is 23.1 Å². The lowest BCUT2D eigenvalue weighted by molar-refractivity contribution is 0.186. The lowest BCUT2D eigenvalue weighted by Gasteiger charge is -1.98. The number of thiophene rings is 1. The number of hydrogen-bond acceptors (Lipinski definition) is 2. The summed E-state index contributed by atoms with van der Waals surface area (Å²) >= 11 is 7.79. The fourth-order valence-electron chi connectivity index (χ4n) is 1.37. The predicted molar refractivity (Wildman–Crippen MR) is 57.5 cm³/mol. The van der Waals surface area contributed by atoms with Crippen molar-refractivity contribution in [2.24, 2.45) is 0 Å². The highest BCUT2D eigenvalue weighted by atomic mass is 35.5. The molecule has 1 aromatic carbocycles. The van der Waals surface area contributed by atoms with Crippen LogP contribution in [0.1, 0.15) is 5.56 Å². The summed E-state index contributed by atoms with van der Waals surface area (Å²) < 4.78 is 6.32. The van der Waals surface area contributed by atoms with Crippen LogP contribution in [0.15, 0.2) is 23.6 Å². The van der Waals surface area contributed by atoms with Crippen molar-refractivity contribution in [2.45, 2.75) is 6.61 Å². The van der Waals surface area contributed by atoms with E-state index in [-0.39, 0.29) is 0 Å². The second kappa shape index (κ2) is 3.66. The van der Waals surface area contributed by atoms with E-state index in [2.05, 4.69) is 11.4 Å². The first-order chi connectivity index (χ1) is 6.33. The Morgan fingerprint density at radius 3 is 3.08 bits per heavy atom. The molecule has 1 nitrogen and oxygen atoms in total. The van der Waals surface area contributed by atoms with Crippen LogP contribution in [0, 0.1) is 0 Å². The van der Waals surface area contributed by atoms with Gasteiger partial charge in [-0.2, -0.15) is 0 Å². The normalized spacial score (nSPS) is 10.9. The van der Waals surface area contributed by atoms with E-state index in [1.54, 1.807) is 18.4 Å². The average Bonchev–Trinajstić information content (AvgIpc) is 2.51. The number of methoxy groups -OCH3 is 1. The first-order valence-electron chi connectivity index (χ1n) is 3.96. The van der Waals surface area contributed by atoms with Crippen LogP contribution in [0.25, 0.3) is 10.1 Å². The van der Waals surface area contributed by atoms with Gasteiger partial charge in [0.05, 0.1) is 6.61 Å². The van der Waals surface area contributed by atoms with Crippen LogP contribution in [0.2, 0.25) is 5.02 Å². The van der Waals surface area contributed by atoms with Crippen molar-refractivity contribution in [1.29, 1.82) is 0 Å². The molecule has 0 aliphatic heterocycles. The molecule has 0 atom stereocenters. The van der Waals surface area contributed by atoms with Crippen LogP contribution in [0.3, 0.4) is 0 Å². The van der Waals surface area contributed by atoms with Crippen molar-refractivity contribution in [3.8, 4) is 0 Å². The highest BCUT2D eigenvalue weighted by molar-refractivity contribution is 7.17. The SMILES string of the molecule is COCc1csc2cccc(Cl)c12. The molecule has 3 heteroatoms. The molecule has 0 N–H and O–H groups in total. The Morgan fingerprint density at radius 1 is 1.46 bits per heavy atom. The zero-order chi connectivity index (χ0) is 9.26. The minimum atomic E-state index is 0.629. The zero-order valence-corrected chi connectivity index (χ0v) is 8.78. The molecule has 0 amide bonds. The third kappa shape index (κ3) is 1.57. The van der Waals surface area contributed by atoms with E-state index in [1.165, 1.54) is 10.3 Å². The minimum absolute atomic E-state index is 0.629. The van der Waals surface area contributed by atoms with Gasteiger partial charge < -0.3 is 4.74 Å². The van der Waals surface area contributed by atoms with Crippen molar-refractivity contribution in [2.75, 3.05) is 7.11 Å². The highest BCUT2D eigenvalue weighted by Gasteiger charge is 2.06. The molecule has 0 fully saturated rings. The summed E-state index contributed by atoms with van der Waals surface area (Å²) in [5.41, 5.74) is 1.17. The number of fused-ring (bicyclic) bond motifs is 1. The predicted octanol–water partition coefficient (Wildman–Crippen LogP) is 3.70. The van der Waals surface area contributed by atoms with Gasteiger partial charge >= 0.3 is 0 Å². The monoisotopic (exact) mass is 212 g/mol.